The van der Waals surface area contributed by atoms with Gasteiger partial charge in [-0.05, 0) is 24.2 Å². The lowest BCUT2D eigenvalue weighted by Gasteiger charge is -2.33. The Morgan fingerprint density at radius 3 is 2.16 bits per heavy atom. The van der Waals surface area contributed by atoms with Crippen LogP contribution in [-0.4, -0.2) is 55.5 Å². The number of hydrogen-bond donors (Lipinski definition) is 1. The van der Waals surface area contributed by atoms with E-state index >= 15 is 0 Å². The average molecular weight is 284 g/mol. The highest BCUT2D eigenvalue weighted by atomic mass is 32.2. The van der Waals surface area contributed by atoms with Crippen molar-refractivity contribution < 1.29 is 13.5 Å². The third kappa shape index (κ3) is 3.14. The highest BCUT2D eigenvalue weighted by Gasteiger charge is 2.27. The van der Waals surface area contributed by atoms with E-state index in [0.29, 0.717) is 18.0 Å². The first-order valence-electron chi connectivity index (χ1n) is 6.50. The molecule has 0 amide bonds. The molecule has 0 atom stereocenters. The molecule has 1 aromatic carbocycles. The minimum Gasteiger partial charge on any atom is -0.392 e. The van der Waals surface area contributed by atoms with Crippen LogP contribution in [0.1, 0.15) is 12.5 Å². The molecule has 0 aliphatic carbocycles. The quantitative estimate of drug-likeness (QED) is 0.875. The topological polar surface area (TPSA) is 60.9 Å². The van der Waals surface area contributed by atoms with Crippen molar-refractivity contribution in [1.29, 1.82) is 0 Å². The number of benzene rings is 1. The Labute approximate surface area is 114 Å². The maximum atomic E-state index is 12.4. The van der Waals surface area contributed by atoms with E-state index in [9.17, 15) is 8.42 Å². The van der Waals surface area contributed by atoms with Crippen molar-refractivity contribution in [2.24, 2.45) is 0 Å². The smallest absolute Gasteiger partial charge is 0.243 e. The van der Waals surface area contributed by atoms with Crippen LogP contribution < -0.4 is 0 Å². The summed E-state index contributed by atoms with van der Waals surface area (Å²) in [5.74, 6) is 0. The molecule has 19 heavy (non-hydrogen) atoms. The van der Waals surface area contributed by atoms with Gasteiger partial charge in [0.2, 0.25) is 10.0 Å². The largest absolute Gasteiger partial charge is 0.392 e. The number of aliphatic hydroxyl groups excluding tert-OH is 1. The van der Waals surface area contributed by atoms with E-state index in [1.54, 1.807) is 24.3 Å². The molecule has 0 aromatic heterocycles. The lowest BCUT2D eigenvalue weighted by Crippen LogP contribution is -2.48. The second-order valence-corrected chi connectivity index (χ2v) is 6.58. The number of hydrogen-bond acceptors (Lipinski definition) is 4. The lowest BCUT2D eigenvalue weighted by atomic mass is 10.2. The summed E-state index contributed by atoms with van der Waals surface area (Å²) in [7, 11) is -3.39. The van der Waals surface area contributed by atoms with Gasteiger partial charge in [0.25, 0.3) is 0 Å². The van der Waals surface area contributed by atoms with Crippen molar-refractivity contribution in [2.45, 2.75) is 18.4 Å². The number of sulfonamides is 1. The standard InChI is InChI=1S/C13H20N2O3S/c1-2-14-7-9-15(10-8-14)19(17,18)13-5-3-12(11-16)4-6-13/h3-6,16H,2,7-11H2,1H3. The average Bonchev–Trinajstić information content (AvgIpc) is 2.47. The maximum Gasteiger partial charge on any atom is 0.243 e. The Morgan fingerprint density at radius 1 is 1.11 bits per heavy atom. The van der Waals surface area contributed by atoms with Gasteiger partial charge in [0.15, 0.2) is 0 Å². The molecule has 1 fully saturated rings. The predicted octanol–water partition coefficient (Wildman–Crippen LogP) is 0.505. The van der Waals surface area contributed by atoms with Crippen LogP contribution >= 0.6 is 0 Å². The first-order valence-corrected chi connectivity index (χ1v) is 7.94. The van der Waals surface area contributed by atoms with Gasteiger partial charge in [-0.15, -0.1) is 0 Å². The molecule has 106 valence electrons. The van der Waals surface area contributed by atoms with Gasteiger partial charge in [0.1, 0.15) is 0 Å². The van der Waals surface area contributed by atoms with Gasteiger partial charge in [0.05, 0.1) is 11.5 Å². The molecule has 5 nitrogen and oxygen atoms in total. The summed E-state index contributed by atoms with van der Waals surface area (Å²) in [6.45, 7) is 5.61. The van der Waals surface area contributed by atoms with Crippen molar-refractivity contribution >= 4 is 10.0 Å². The fourth-order valence-electron chi connectivity index (χ4n) is 2.20. The number of aliphatic hydroxyl groups is 1. The van der Waals surface area contributed by atoms with E-state index in [1.807, 2.05) is 0 Å². The van der Waals surface area contributed by atoms with E-state index in [4.69, 9.17) is 5.11 Å². The minimum absolute atomic E-state index is 0.0739. The van der Waals surface area contributed by atoms with Crippen LogP contribution in [-0.2, 0) is 16.6 Å². The molecule has 0 spiro atoms. The molecule has 1 N–H and O–H groups in total. The third-order valence-corrected chi connectivity index (χ3v) is 5.44. The molecular weight excluding hydrogens is 264 g/mol. The molecule has 1 aliphatic heterocycles. The number of nitrogens with zero attached hydrogens (tertiary/aromatic N) is 2. The predicted molar refractivity (Wildman–Crippen MR) is 73.2 cm³/mol. The lowest BCUT2D eigenvalue weighted by molar-refractivity contribution is 0.196. The molecule has 1 aliphatic rings. The molecule has 2 rings (SSSR count). The van der Waals surface area contributed by atoms with Crippen LogP contribution in [0.2, 0.25) is 0 Å². The highest BCUT2D eigenvalue weighted by Crippen LogP contribution is 2.18. The summed E-state index contributed by atoms with van der Waals surface area (Å²) in [5.41, 5.74) is 0.717. The van der Waals surface area contributed by atoms with Gasteiger partial charge in [-0.25, -0.2) is 8.42 Å². The summed E-state index contributed by atoms with van der Waals surface area (Å²) in [6.07, 6.45) is 0. The van der Waals surface area contributed by atoms with Crippen LogP contribution in [0, 0.1) is 0 Å². The summed E-state index contributed by atoms with van der Waals surface area (Å²) in [6, 6.07) is 6.42. The van der Waals surface area contributed by atoms with E-state index in [0.717, 1.165) is 25.2 Å². The van der Waals surface area contributed by atoms with Crippen molar-refractivity contribution in [3.8, 4) is 0 Å². The number of likely N-dealkylation sites (N-methyl/N-ethyl adjacent to an activating group) is 1. The SMILES string of the molecule is CCN1CCN(S(=O)(=O)c2ccc(CO)cc2)CC1. The molecule has 0 bridgehead atoms. The van der Waals surface area contributed by atoms with Crippen LogP contribution in [0.15, 0.2) is 29.2 Å². The molecule has 6 heteroatoms. The zero-order valence-corrected chi connectivity index (χ0v) is 11.9. The first-order chi connectivity index (χ1) is 9.07. The monoisotopic (exact) mass is 284 g/mol. The van der Waals surface area contributed by atoms with Gasteiger partial charge in [-0.3, -0.25) is 0 Å². The fraction of sp³-hybridized carbons (Fsp3) is 0.538. The Bertz CT molecular complexity index is 505. The van der Waals surface area contributed by atoms with Gasteiger partial charge >= 0.3 is 0 Å². The third-order valence-electron chi connectivity index (χ3n) is 3.52. The Hall–Kier alpha value is -0.950. The summed E-state index contributed by atoms with van der Waals surface area (Å²) < 4.78 is 26.4. The van der Waals surface area contributed by atoms with E-state index in [1.165, 1.54) is 4.31 Å². The van der Waals surface area contributed by atoms with Crippen LogP contribution in [0.4, 0.5) is 0 Å². The number of rotatable bonds is 4. The first kappa shape index (κ1) is 14.5. The Morgan fingerprint density at radius 2 is 1.68 bits per heavy atom. The molecule has 1 saturated heterocycles. The highest BCUT2D eigenvalue weighted by molar-refractivity contribution is 7.89. The molecule has 0 saturated carbocycles. The van der Waals surface area contributed by atoms with E-state index < -0.39 is 10.0 Å². The van der Waals surface area contributed by atoms with Gasteiger partial charge < -0.3 is 10.0 Å². The van der Waals surface area contributed by atoms with Crippen molar-refractivity contribution in [3.63, 3.8) is 0 Å². The van der Waals surface area contributed by atoms with E-state index in [-0.39, 0.29) is 6.61 Å². The van der Waals surface area contributed by atoms with Crippen molar-refractivity contribution in [2.75, 3.05) is 32.7 Å². The van der Waals surface area contributed by atoms with E-state index in [2.05, 4.69) is 11.8 Å². The second-order valence-electron chi connectivity index (χ2n) is 4.64. The minimum atomic E-state index is -3.39. The maximum absolute atomic E-state index is 12.4. The van der Waals surface area contributed by atoms with Crippen LogP contribution in [0.5, 0.6) is 0 Å². The zero-order chi connectivity index (χ0) is 13.9. The fourth-order valence-corrected chi connectivity index (χ4v) is 3.62. The molecule has 0 radical (unpaired) electrons. The van der Waals surface area contributed by atoms with Gasteiger partial charge in [-0.1, -0.05) is 19.1 Å². The summed E-state index contributed by atoms with van der Waals surface area (Å²) in [5, 5.41) is 8.97. The molecule has 0 unspecified atom stereocenters. The van der Waals surface area contributed by atoms with Crippen molar-refractivity contribution in [3.05, 3.63) is 29.8 Å². The molecular formula is C13H20N2O3S. The normalized spacial score (nSPS) is 18.6. The zero-order valence-electron chi connectivity index (χ0n) is 11.1. The Kier molecular flexibility index (Phi) is 4.57. The Balaban J connectivity index is 2.13. The van der Waals surface area contributed by atoms with Crippen molar-refractivity contribution in [1.82, 2.24) is 9.21 Å². The second kappa shape index (κ2) is 6.00. The van der Waals surface area contributed by atoms with Gasteiger partial charge in [-0.2, -0.15) is 4.31 Å². The van der Waals surface area contributed by atoms with Crippen LogP contribution in [0.3, 0.4) is 0 Å². The van der Waals surface area contributed by atoms with Gasteiger partial charge in [0, 0.05) is 26.2 Å². The van der Waals surface area contributed by atoms with Crippen LogP contribution in [0.25, 0.3) is 0 Å². The molecule has 1 heterocycles. The molecule has 1 aromatic rings. The number of piperazine rings is 1. The summed E-state index contributed by atoms with van der Waals surface area (Å²) >= 11 is 0. The summed E-state index contributed by atoms with van der Waals surface area (Å²) in [4.78, 5) is 2.54.